The highest BCUT2D eigenvalue weighted by molar-refractivity contribution is 6.36. The number of halogens is 4. The normalized spacial score (nSPS) is 12.0. The van der Waals surface area contributed by atoms with E-state index in [2.05, 4.69) is 0 Å². The van der Waals surface area contributed by atoms with Gasteiger partial charge in [0.25, 0.3) is 11.8 Å². The second kappa shape index (κ2) is 13.3. The van der Waals surface area contributed by atoms with Crippen LogP contribution in [0.15, 0.2) is 66.7 Å². The monoisotopic (exact) mass is 612 g/mol. The van der Waals surface area contributed by atoms with E-state index in [0.717, 1.165) is 0 Å². The van der Waals surface area contributed by atoms with Crippen LogP contribution in [-0.4, -0.2) is 47.0 Å². The molecule has 0 saturated heterocycles. The van der Waals surface area contributed by atoms with E-state index >= 15 is 0 Å². The summed E-state index contributed by atoms with van der Waals surface area (Å²) in [7, 11) is 0. The van der Waals surface area contributed by atoms with Crippen LogP contribution in [0.25, 0.3) is 0 Å². The topological polar surface area (TPSA) is 148 Å². The Morgan fingerprint density at radius 1 is 0.641 bits per heavy atom. The van der Waals surface area contributed by atoms with Crippen molar-refractivity contribution in [2.45, 2.75) is 12.2 Å². The number of carbonyl (C=O) groups excluding carboxylic acids is 4. The van der Waals surface area contributed by atoms with Gasteiger partial charge in [-0.25, -0.2) is 14.4 Å². The van der Waals surface area contributed by atoms with Gasteiger partial charge in [0.1, 0.15) is 0 Å². The zero-order valence-electron chi connectivity index (χ0n) is 19.3. The summed E-state index contributed by atoms with van der Waals surface area (Å²) >= 11 is 23.4. The molecule has 0 bridgehead atoms. The van der Waals surface area contributed by atoms with Gasteiger partial charge in [0.2, 0.25) is 12.2 Å². The number of amides is 2. The summed E-state index contributed by atoms with van der Waals surface area (Å²) in [5, 5.41) is 10.6. The highest BCUT2D eigenvalue weighted by atomic mass is 35.5. The first-order valence-corrected chi connectivity index (χ1v) is 12.2. The Bertz CT molecular complexity index is 1410. The summed E-state index contributed by atoms with van der Waals surface area (Å²) in [4.78, 5) is 62.9. The molecule has 0 fully saturated rings. The predicted octanol–water partition coefficient (Wildman–Crippen LogP) is 4.60. The van der Waals surface area contributed by atoms with Gasteiger partial charge in [-0.1, -0.05) is 46.4 Å². The molecule has 0 spiro atoms. The molecule has 3 aromatic rings. The molecule has 2 atom stereocenters. The van der Waals surface area contributed by atoms with Crippen molar-refractivity contribution in [3.05, 3.63) is 104 Å². The minimum Gasteiger partial charge on any atom is -0.478 e. The number of hydrogen-bond donors (Lipinski definition) is 3. The van der Waals surface area contributed by atoms with E-state index in [0.29, 0.717) is 10.0 Å². The molecule has 3 N–H and O–H groups in total. The number of carbonyl (C=O) groups is 5. The number of aliphatic carboxylic acids is 1. The van der Waals surface area contributed by atoms with Crippen LogP contribution < -0.4 is 10.9 Å². The minimum absolute atomic E-state index is 0.0414. The SMILES string of the molecule is O=C(O[C@H](C(=O)O)[C@H](OC(=O)c1ccc(Cl)cc1)C(=O)NNC(=O)c1ccc(Cl)cc1Cl)c1ccc(Cl)cc1. The van der Waals surface area contributed by atoms with Gasteiger partial charge in [-0.05, 0) is 66.7 Å². The molecule has 0 aliphatic heterocycles. The summed E-state index contributed by atoms with van der Waals surface area (Å²) in [6.07, 6.45) is -4.59. The van der Waals surface area contributed by atoms with Gasteiger partial charge in [-0.3, -0.25) is 20.4 Å². The number of carboxylic acids is 1. The average Bonchev–Trinajstić information content (AvgIpc) is 2.89. The number of hydrazine groups is 1. The third-order valence-corrected chi connectivity index (χ3v) is 5.93. The van der Waals surface area contributed by atoms with Crippen molar-refractivity contribution in [2.75, 3.05) is 0 Å². The second-order valence-corrected chi connectivity index (χ2v) is 9.29. The van der Waals surface area contributed by atoms with Crippen molar-refractivity contribution in [1.29, 1.82) is 0 Å². The smallest absolute Gasteiger partial charge is 0.349 e. The van der Waals surface area contributed by atoms with E-state index in [1.807, 2.05) is 10.9 Å². The van der Waals surface area contributed by atoms with E-state index in [1.54, 1.807) is 0 Å². The quantitative estimate of drug-likeness (QED) is 0.247. The molecule has 0 heterocycles. The van der Waals surface area contributed by atoms with Gasteiger partial charge in [-0.2, -0.15) is 0 Å². The molecule has 0 aromatic heterocycles. The molecule has 39 heavy (non-hydrogen) atoms. The number of carboxylic acid groups (broad SMARTS) is 1. The van der Waals surface area contributed by atoms with Crippen molar-refractivity contribution in [2.24, 2.45) is 0 Å². The Labute approximate surface area is 240 Å². The van der Waals surface area contributed by atoms with Crippen LogP contribution in [-0.2, 0) is 19.1 Å². The Kier molecular flexibility index (Phi) is 10.1. The van der Waals surface area contributed by atoms with Gasteiger partial charge in [0, 0.05) is 15.1 Å². The van der Waals surface area contributed by atoms with Crippen molar-refractivity contribution < 1.29 is 38.6 Å². The molecular formula is C25H16Cl4N2O8. The first-order chi connectivity index (χ1) is 18.5. The second-order valence-electron chi connectivity index (χ2n) is 7.57. The Balaban J connectivity index is 1.85. The van der Waals surface area contributed by atoms with E-state index in [1.165, 1.54) is 66.7 Å². The fourth-order valence-electron chi connectivity index (χ4n) is 2.96. The summed E-state index contributed by atoms with van der Waals surface area (Å²) in [6.45, 7) is 0. The highest BCUT2D eigenvalue weighted by Crippen LogP contribution is 2.21. The van der Waals surface area contributed by atoms with Crippen LogP contribution in [0.4, 0.5) is 0 Å². The summed E-state index contributed by atoms with van der Waals surface area (Å²) in [5.41, 5.74) is 3.69. The largest absolute Gasteiger partial charge is 0.478 e. The average molecular weight is 614 g/mol. The number of nitrogens with one attached hydrogen (secondary N) is 2. The molecule has 0 unspecified atom stereocenters. The molecular weight excluding hydrogens is 598 g/mol. The highest BCUT2D eigenvalue weighted by Gasteiger charge is 2.41. The lowest BCUT2D eigenvalue weighted by atomic mass is 10.1. The van der Waals surface area contributed by atoms with Crippen molar-refractivity contribution in [3.63, 3.8) is 0 Å². The number of esters is 2. The minimum atomic E-state index is -2.33. The zero-order valence-corrected chi connectivity index (χ0v) is 22.3. The summed E-state index contributed by atoms with van der Waals surface area (Å²) < 4.78 is 10.1. The van der Waals surface area contributed by atoms with Gasteiger partial charge in [0.05, 0.1) is 21.7 Å². The maximum absolute atomic E-state index is 13.0. The third-order valence-electron chi connectivity index (χ3n) is 4.88. The van der Waals surface area contributed by atoms with Crippen molar-refractivity contribution in [3.8, 4) is 0 Å². The fourth-order valence-corrected chi connectivity index (χ4v) is 3.71. The zero-order chi connectivity index (χ0) is 28.7. The maximum atomic E-state index is 13.0. The Hall–Kier alpha value is -3.83. The standard InChI is InChI=1S/C25H16Cl4N2O8/c26-14-5-1-12(2-6-14)24(36)38-19(20(23(34)35)39-25(37)13-3-7-15(27)8-4-13)22(33)31-30-21(32)17-10-9-16(28)11-18(17)29/h1-11,19-20H,(H,30,32)(H,31,33)(H,34,35)/t19-,20-/m0/s1. The molecule has 0 radical (unpaired) electrons. The molecule has 0 aliphatic rings. The molecule has 2 amide bonds. The summed E-state index contributed by atoms with van der Waals surface area (Å²) in [6, 6.07) is 14.4. The van der Waals surface area contributed by atoms with Crippen LogP contribution in [0.3, 0.4) is 0 Å². The van der Waals surface area contributed by atoms with Crippen molar-refractivity contribution >= 4 is 76.1 Å². The lowest BCUT2D eigenvalue weighted by Gasteiger charge is -2.23. The van der Waals surface area contributed by atoms with Crippen LogP contribution in [0, 0.1) is 0 Å². The number of benzene rings is 3. The first-order valence-electron chi connectivity index (χ1n) is 10.7. The number of hydrogen-bond acceptors (Lipinski definition) is 7. The molecule has 14 heteroatoms. The molecule has 0 aliphatic carbocycles. The van der Waals surface area contributed by atoms with E-state index in [9.17, 15) is 29.1 Å². The Morgan fingerprint density at radius 3 is 1.56 bits per heavy atom. The van der Waals surface area contributed by atoms with E-state index in [4.69, 9.17) is 55.9 Å². The number of rotatable bonds is 8. The molecule has 3 aromatic carbocycles. The lowest BCUT2D eigenvalue weighted by molar-refractivity contribution is -0.159. The molecule has 10 nitrogen and oxygen atoms in total. The van der Waals surface area contributed by atoms with Crippen LogP contribution >= 0.6 is 46.4 Å². The third kappa shape index (κ3) is 8.08. The Morgan fingerprint density at radius 2 is 1.10 bits per heavy atom. The lowest BCUT2D eigenvalue weighted by Crippen LogP contribution is -2.54. The predicted molar refractivity (Wildman–Crippen MR) is 141 cm³/mol. The maximum Gasteiger partial charge on any atom is 0.349 e. The van der Waals surface area contributed by atoms with E-state index < -0.39 is 41.9 Å². The molecule has 3 rings (SSSR count). The van der Waals surface area contributed by atoms with Gasteiger partial charge >= 0.3 is 17.9 Å². The van der Waals surface area contributed by atoms with Crippen molar-refractivity contribution in [1.82, 2.24) is 10.9 Å². The van der Waals surface area contributed by atoms with Crippen LogP contribution in [0.2, 0.25) is 20.1 Å². The molecule has 202 valence electrons. The van der Waals surface area contributed by atoms with Gasteiger partial charge < -0.3 is 14.6 Å². The molecule has 0 saturated carbocycles. The first kappa shape index (κ1) is 29.7. The number of ether oxygens (including phenoxy) is 2. The fraction of sp³-hybridized carbons (Fsp3) is 0.0800. The van der Waals surface area contributed by atoms with Crippen LogP contribution in [0.5, 0.6) is 0 Å². The van der Waals surface area contributed by atoms with Crippen LogP contribution in [0.1, 0.15) is 31.1 Å². The van der Waals surface area contributed by atoms with Gasteiger partial charge in [-0.15, -0.1) is 0 Å². The van der Waals surface area contributed by atoms with E-state index in [-0.39, 0.29) is 26.7 Å². The summed E-state index contributed by atoms with van der Waals surface area (Å²) in [5.74, 6) is -6.37. The van der Waals surface area contributed by atoms with Gasteiger partial charge in [0.15, 0.2) is 0 Å².